The molecule has 0 fully saturated rings. The van der Waals surface area contributed by atoms with E-state index in [2.05, 4.69) is 29.1 Å². The molecule has 0 spiro atoms. The van der Waals surface area contributed by atoms with Crippen molar-refractivity contribution in [2.45, 2.75) is 33.1 Å². The molecular formula is C13H21ClN4O. The maximum Gasteiger partial charge on any atom is 0.225 e. The predicted octanol–water partition coefficient (Wildman–Crippen LogP) is 2.47. The van der Waals surface area contributed by atoms with E-state index in [1.54, 1.807) is 0 Å². The molecule has 1 amide bonds. The third-order valence-electron chi connectivity index (χ3n) is 3.12. The Balaban J connectivity index is 2.42. The van der Waals surface area contributed by atoms with Crippen LogP contribution in [0.15, 0.2) is 12.4 Å². The van der Waals surface area contributed by atoms with E-state index >= 15 is 0 Å². The number of amides is 1. The van der Waals surface area contributed by atoms with Crippen molar-refractivity contribution in [3.63, 3.8) is 0 Å². The van der Waals surface area contributed by atoms with Gasteiger partial charge in [0, 0.05) is 12.5 Å². The molecule has 106 valence electrons. The molecule has 0 aliphatic rings. The van der Waals surface area contributed by atoms with E-state index in [0.717, 1.165) is 12.8 Å². The summed E-state index contributed by atoms with van der Waals surface area (Å²) in [5, 5.41) is 3.03. The number of nitrogens with zero attached hydrogens (tertiary/aromatic N) is 2. The fourth-order valence-corrected chi connectivity index (χ4v) is 2.10. The second-order valence-electron chi connectivity index (χ2n) is 4.89. The molecule has 3 N–H and O–H groups in total. The van der Waals surface area contributed by atoms with Gasteiger partial charge in [-0.2, -0.15) is 0 Å². The zero-order chi connectivity index (χ0) is 14.3. The van der Waals surface area contributed by atoms with Crippen LogP contribution in [0, 0.1) is 11.8 Å². The number of nitrogens with one attached hydrogen (secondary N) is 1. The van der Waals surface area contributed by atoms with Crippen LogP contribution in [0.4, 0.5) is 5.82 Å². The monoisotopic (exact) mass is 284 g/mol. The largest absolute Gasteiger partial charge is 0.330 e. The van der Waals surface area contributed by atoms with Crippen LogP contribution >= 0.6 is 11.6 Å². The van der Waals surface area contributed by atoms with Crippen LogP contribution in [0.3, 0.4) is 0 Å². The smallest absolute Gasteiger partial charge is 0.225 e. The summed E-state index contributed by atoms with van der Waals surface area (Å²) in [6, 6.07) is 1.53. The van der Waals surface area contributed by atoms with E-state index in [4.69, 9.17) is 17.3 Å². The summed E-state index contributed by atoms with van der Waals surface area (Å²) in [6.45, 7) is 4.97. The lowest BCUT2D eigenvalue weighted by atomic mass is 9.88. The molecule has 0 saturated heterocycles. The molecule has 0 aliphatic carbocycles. The maximum absolute atomic E-state index is 11.8. The summed E-state index contributed by atoms with van der Waals surface area (Å²) in [7, 11) is 0. The van der Waals surface area contributed by atoms with Crippen LogP contribution in [0.1, 0.15) is 33.1 Å². The molecule has 1 aromatic heterocycles. The maximum atomic E-state index is 11.8. The fraction of sp³-hybridized carbons (Fsp3) is 0.615. The number of halogens is 1. The number of rotatable bonds is 7. The Labute approximate surface area is 119 Å². The van der Waals surface area contributed by atoms with E-state index in [9.17, 15) is 4.79 Å². The predicted molar refractivity (Wildman–Crippen MR) is 76.9 cm³/mol. The molecule has 0 aliphatic heterocycles. The molecule has 6 heteroatoms. The number of nitrogens with two attached hydrogens (primary N) is 1. The molecule has 1 aromatic rings. The van der Waals surface area contributed by atoms with Crippen LogP contribution in [0.5, 0.6) is 0 Å². The van der Waals surface area contributed by atoms with Gasteiger partial charge in [-0.3, -0.25) is 4.79 Å². The van der Waals surface area contributed by atoms with Gasteiger partial charge in [0.1, 0.15) is 17.3 Å². The van der Waals surface area contributed by atoms with Crippen molar-refractivity contribution in [1.29, 1.82) is 0 Å². The number of carbonyl (C=O) groups is 1. The first-order valence-electron chi connectivity index (χ1n) is 6.50. The van der Waals surface area contributed by atoms with Crippen molar-refractivity contribution >= 4 is 23.3 Å². The van der Waals surface area contributed by atoms with E-state index in [-0.39, 0.29) is 5.91 Å². The van der Waals surface area contributed by atoms with Crippen molar-refractivity contribution < 1.29 is 4.79 Å². The van der Waals surface area contributed by atoms with Crippen molar-refractivity contribution in [2.24, 2.45) is 17.6 Å². The molecule has 1 atom stereocenters. The molecule has 5 nitrogen and oxygen atoms in total. The van der Waals surface area contributed by atoms with Crippen molar-refractivity contribution in [2.75, 3.05) is 11.9 Å². The molecule has 19 heavy (non-hydrogen) atoms. The highest BCUT2D eigenvalue weighted by Gasteiger charge is 2.14. The van der Waals surface area contributed by atoms with Crippen molar-refractivity contribution in [3.8, 4) is 0 Å². The van der Waals surface area contributed by atoms with Crippen molar-refractivity contribution in [1.82, 2.24) is 9.97 Å². The Hall–Kier alpha value is -1.20. The Morgan fingerprint density at radius 3 is 2.74 bits per heavy atom. The number of hydrogen-bond donors (Lipinski definition) is 2. The molecule has 0 saturated carbocycles. The highest BCUT2D eigenvalue weighted by Crippen LogP contribution is 2.20. The minimum absolute atomic E-state index is 0.0579. The second kappa shape index (κ2) is 8.07. The van der Waals surface area contributed by atoms with Gasteiger partial charge < -0.3 is 11.1 Å². The minimum atomic E-state index is -0.0579. The van der Waals surface area contributed by atoms with Gasteiger partial charge >= 0.3 is 0 Å². The van der Waals surface area contributed by atoms with Gasteiger partial charge in [-0.1, -0.05) is 25.4 Å². The lowest BCUT2D eigenvalue weighted by Gasteiger charge is -2.19. The number of aromatic nitrogens is 2. The zero-order valence-corrected chi connectivity index (χ0v) is 12.2. The van der Waals surface area contributed by atoms with Gasteiger partial charge in [0.25, 0.3) is 0 Å². The zero-order valence-electron chi connectivity index (χ0n) is 11.4. The highest BCUT2D eigenvalue weighted by molar-refractivity contribution is 6.29. The Bertz CT molecular complexity index is 411. The van der Waals surface area contributed by atoms with Gasteiger partial charge in [-0.25, -0.2) is 9.97 Å². The average Bonchev–Trinajstić information content (AvgIpc) is 2.34. The van der Waals surface area contributed by atoms with Crippen LogP contribution in [0.25, 0.3) is 0 Å². The number of anilines is 1. The van der Waals surface area contributed by atoms with Crippen molar-refractivity contribution in [3.05, 3.63) is 17.5 Å². The SMILES string of the molecule is CC(C)C(CCN)CCC(=O)Nc1cc(Cl)ncn1. The first kappa shape index (κ1) is 15.9. The molecule has 1 heterocycles. The van der Waals surface area contributed by atoms with Crippen LogP contribution in [-0.2, 0) is 4.79 Å². The Morgan fingerprint density at radius 2 is 2.16 bits per heavy atom. The normalized spacial score (nSPS) is 12.5. The Morgan fingerprint density at radius 1 is 1.42 bits per heavy atom. The van der Waals surface area contributed by atoms with Gasteiger partial charge in [0.05, 0.1) is 0 Å². The summed E-state index contributed by atoms with van der Waals surface area (Å²) in [5.74, 6) is 1.39. The van der Waals surface area contributed by atoms with Gasteiger partial charge in [-0.05, 0) is 31.2 Å². The van der Waals surface area contributed by atoms with Crippen LogP contribution in [-0.4, -0.2) is 22.4 Å². The molecule has 0 bridgehead atoms. The summed E-state index contributed by atoms with van der Waals surface area (Å²) in [4.78, 5) is 19.5. The summed E-state index contributed by atoms with van der Waals surface area (Å²) >= 11 is 5.72. The first-order valence-corrected chi connectivity index (χ1v) is 6.88. The van der Waals surface area contributed by atoms with Crippen LogP contribution in [0.2, 0.25) is 5.15 Å². The Kier molecular flexibility index (Phi) is 6.73. The molecular weight excluding hydrogens is 264 g/mol. The molecule has 0 radical (unpaired) electrons. The third kappa shape index (κ3) is 5.98. The fourth-order valence-electron chi connectivity index (χ4n) is 1.95. The van der Waals surface area contributed by atoms with E-state index in [1.165, 1.54) is 12.4 Å². The number of carbonyl (C=O) groups excluding carboxylic acids is 1. The molecule has 1 rings (SSSR count). The van der Waals surface area contributed by atoms with Gasteiger partial charge in [0.2, 0.25) is 5.91 Å². The highest BCUT2D eigenvalue weighted by atomic mass is 35.5. The van der Waals surface area contributed by atoms with Gasteiger partial charge in [-0.15, -0.1) is 0 Å². The van der Waals surface area contributed by atoms with E-state index in [1.807, 2.05) is 0 Å². The minimum Gasteiger partial charge on any atom is -0.330 e. The topological polar surface area (TPSA) is 80.9 Å². The lowest BCUT2D eigenvalue weighted by molar-refractivity contribution is -0.116. The quantitative estimate of drug-likeness (QED) is 0.754. The van der Waals surface area contributed by atoms with Gasteiger partial charge in [0.15, 0.2) is 0 Å². The second-order valence-corrected chi connectivity index (χ2v) is 5.28. The van der Waals surface area contributed by atoms with E-state index < -0.39 is 0 Å². The standard InChI is InChI=1S/C13H21ClN4O/c1-9(2)10(5-6-15)3-4-13(19)18-12-7-11(14)16-8-17-12/h7-10H,3-6,15H2,1-2H3,(H,16,17,18,19). The molecule has 1 unspecified atom stereocenters. The summed E-state index contributed by atoms with van der Waals surface area (Å²) in [5.41, 5.74) is 5.58. The van der Waals surface area contributed by atoms with Crippen LogP contribution < -0.4 is 11.1 Å². The first-order chi connectivity index (χ1) is 9.02. The third-order valence-corrected chi connectivity index (χ3v) is 3.33. The van der Waals surface area contributed by atoms with E-state index in [0.29, 0.717) is 35.8 Å². The average molecular weight is 285 g/mol. The summed E-state index contributed by atoms with van der Waals surface area (Å²) < 4.78 is 0. The summed E-state index contributed by atoms with van der Waals surface area (Å²) in [6.07, 6.45) is 3.57. The number of hydrogen-bond acceptors (Lipinski definition) is 4. The molecule has 0 aromatic carbocycles. The lowest BCUT2D eigenvalue weighted by Crippen LogP contribution is -2.18.